The van der Waals surface area contributed by atoms with Crippen molar-refractivity contribution >= 4 is 5.78 Å². The Morgan fingerprint density at radius 2 is 2.21 bits per heavy atom. The van der Waals surface area contributed by atoms with E-state index in [0.29, 0.717) is 18.6 Å². The molecule has 1 rings (SSSR count). The van der Waals surface area contributed by atoms with Gasteiger partial charge >= 0.3 is 0 Å². The van der Waals surface area contributed by atoms with Crippen molar-refractivity contribution in [3.05, 3.63) is 29.6 Å². The van der Waals surface area contributed by atoms with Crippen LogP contribution in [0.5, 0.6) is 5.75 Å². The molecule has 0 aliphatic heterocycles. The van der Waals surface area contributed by atoms with Gasteiger partial charge in [0.1, 0.15) is 17.3 Å². The van der Waals surface area contributed by atoms with Gasteiger partial charge in [-0.15, -0.1) is 0 Å². The maximum Gasteiger partial charge on any atom is 0.130 e. The Kier molecular flexibility index (Phi) is 3.63. The summed E-state index contributed by atoms with van der Waals surface area (Å²) < 4.78 is 17.8. The van der Waals surface area contributed by atoms with Crippen LogP contribution in [0, 0.1) is 5.82 Å². The van der Waals surface area contributed by atoms with Gasteiger partial charge in [-0.3, -0.25) is 0 Å². The number of ether oxygens (including phenoxy) is 1. The van der Waals surface area contributed by atoms with E-state index in [1.165, 1.54) is 26.2 Å². The van der Waals surface area contributed by atoms with Crippen LogP contribution in [0.25, 0.3) is 0 Å². The largest absolute Gasteiger partial charge is 0.496 e. The lowest BCUT2D eigenvalue weighted by Crippen LogP contribution is -1.97. The van der Waals surface area contributed by atoms with Crippen LogP contribution in [0.4, 0.5) is 4.39 Å². The highest BCUT2D eigenvalue weighted by molar-refractivity contribution is 5.75. The molecule has 0 aliphatic carbocycles. The summed E-state index contributed by atoms with van der Waals surface area (Å²) in [5.74, 6) is 0.302. The van der Waals surface area contributed by atoms with E-state index in [1.54, 1.807) is 6.07 Å². The van der Waals surface area contributed by atoms with E-state index in [1.807, 2.05) is 0 Å². The molecule has 0 bridgehead atoms. The smallest absolute Gasteiger partial charge is 0.130 e. The highest BCUT2D eigenvalue weighted by atomic mass is 19.1. The quantitative estimate of drug-likeness (QED) is 0.738. The van der Waals surface area contributed by atoms with E-state index in [4.69, 9.17) is 4.74 Å². The van der Waals surface area contributed by atoms with E-state index >= 15 is 0 Å². The second kappa shape index (κ2) is 4.74. The van der Waals surface area contributed by atoms with Crippen LogP contribution in [0.15, 0.2) is 18.2 Å². The molecule has 76 valence electrons. The summed E-state index contributed by atoms with van der Waals surface area (Å²) in [4.78, 5) is 10.8. The molecular formula is C11H13FO2. The fraction of sp³-hybridized carbons (Fsp3) is 0.364. The van der Waals surface area contributed by atoms with Crippen molar-refractivity contribution in [3.63, 3.8) is 0 Å². The number of benzene rings is 1. The summed E-state index contributed by atoms with van der Waals surface area (Å²) >= 11 is 0. The van der Waals surface area contributed by atoms with Crippen molar-refractivity contribution in [2.24, 2.45) is 0 Å². The van der Waals surface area contributed by atoms with Gasteiger partial charge in [-0.05, 0) is 25.0 Å². The van der Waals surface area contributed by atoms with E-state index in [9.17, 15) is 9.18 Å². The lowest BCUT2D eigenvalue weighted by Gasteiger charge is -2.07. The van der Waals surface area contributed by atoms with Crippen molar-refractivity contribution in [1.29, 1.82) is 0 Å². The number of hydrogen-bond acceptors (Lipinski definition) is 2. The van der Waals surface area contributed by atoms with Crippen molar-refractivity contribution in [2.75, 3.05) is 7.11 Å². The second-order valence-electron chi connectivity index (χ2n) is 3.16. The average Bonchev–Trinajstić information content (AvgIpc) is 2.15. The van der Waals surface area contributed by atoms with Crippen LogP contribution >= 0.6 is 0 Å². The van der Waals surface area contributed by atoms with Gasteiger partial charge in [-0.2, -0.15) is 0 Å². The molecule has 3 heteroatoms. The number of halogens is 1. The molecule has 0 fully saturated rings. The highest BCUT2D eigenvalue weighted by Gasteiger charge is 2.05. The molecule has 0 N–H and O–H groups in total. The zero-order valence-corrected chi connectivity index (χ0v) is 8.34. The second-order valence-corrected chi connectivity index (χ2v) is 3.16. The van der Waals surface area contributed by atoms with Crippen molar-refractivity contribution in [1.82, 2.24) is 0 Å². The fourth-order valence-electron chi connectivity index (χ4n) is 1.24. The molecule has 0 aliphatic rings. The molecule has 1 aromatic rings. The van der Waals surface area contributed by atoms with Gasteiger partial charge in [0.15, 0.2) is 0 Å². The fourth-order valence-corrected chi connectivity index (χ4v) is 1.24. The number of aryl methyl sites for hydroxylation is 1. The number of rotatable bonds is 4. The third kappa shape index (κ3) is 2.83. The van der Waals surface area contributed by atoms with E-state index < -0.39 is 0 Å². The van der Waals surface area contributed by atoms with Gasteiger partial charge in [-0.25, -0.2) is 4.39 Å². The molecule has 2 nitrogen and oxygen atoms in total. The minimum Gasteiger partial charge on any atom is -0.496 e. The Labute approximate surface area is 82.7 Å². The topological polar surface area (TPSA) is 26.3 Å². The van der Waals surface area contributed by atoms with E-state index in [0.717, 1.165) is 5.56 Å². The summed E-state index contributed by atoms with van der Waals surface area (Å²) in [7, 11) is 1.49. The SMILES string of the molecule is COc1cc(F)ccc1CCC(C)=O. The minimum absolute atomic E-state index is 0.122. The molecule has 14 heavy (non-hydrogen) atoms. The lowest BCUT2D eigenvalue weighted by molar-refractivity contribution is -0.116. The van der Waals surface area contributed by atoms with Gasteiger partial charge in [-0.1, -0.05) is 6.07 Å². The third-order valence-electron chi connectivity index (χ3n) is 2.00. The Bertz CT molecular complexity index is 334. The number of methoxy groups -OCH3 is 1. The molecule has 0 unspecified atom stereocenters. The number of carbonyl (C=O) groups excluding carboxylic acids is 1. The minimum atomic E-state index is -0.326. The molecule has 0 amide bonds. The first-order valence-corrected chi connectivity index (χ1v) is 4.45. The number of ketones is 1. The van der Waals surface area contributed by atoms with Gasteiger partial charge in [0.05, 0.1) is 7.11 Å². The standard InChI is InChI=1S/C11H13FO2/c1-8(13)3-4-9-5-6-10(12)7-11(9)14-2/h5-7H,3-4H2,1-2H3. The Balaban J connectivity index is 2.80. The number of carbonyl (C=O) groups is 1. The normalized spacial score (nSPS) is 9.93. The van der Waals surface area contributed by atoms with Crippen LogP contribution < -0.4 is 4.74 Å². The molecule has 0 radical (unpaired) electrons. The first-order valence-electron chi connectivity index (χ1n) is 4.45. The Morgan fingerprint density at radius 1 is 1.50 bits per heavy atom. The van der Waals surface area contributed by atoms with Gasteiger partial charge in [0.25, 0.3) is 0 Å². The van der Waals surface area contributed by atoms with Crippen LogP contribution in [-0.4, -0.2) is 12.9 Å². The molecule has 0 spiro atoms. The Morgan fingerprint density at radius 3 is 2.79 bits per heavy atom. The van der Waals surface area contributed by atoms with Gasteiger partial charge < -0.3 is 9.53 Å². The number of hydrogen-bond donors (Lipinski definition) is 0. The molecule has 0 aromatic heterocycles. The lowest BCUT2D eigenvalue weighted by atomic mass is 10.1. The van der Waals surface area contributed by atoms with Gasteiger partial charge in [0, 0.05) is 12.5 Å². The van der Waals surface area contributed by atoms with Crippen LogP contribution in [0.3, 0.4) is 0 Å². The van der Waals surface area contributed by atoms with Gasteiger partial charge in [0.2, 0.25) is 0 Å². The summed E-state index contributed by atoms with van der Waals surface area (Å²) in [6.07, 6.45) is 1.06. The van der Waals surface area contributed by atoms with Crippen LogP contribution in [0.1, 0.15) is 18.9 Å². The predicted octanol–water partition coefficient (Wildman–Crippen LogP) is 2.36. The summed E-state index contributed by atoms with van der Waals surface area (Å²) in [6.45, 7) is 1.54. The summed E-state index contributed by atoms with van der Waals surface area (Å²) in [5.41, 5.74) is 0.865. The maximum absolute atomic E-state index is 12.8. The summed E-state index contributed by atoms with van der Waals surface area (Å²) in [5, 5.41) is 0. The average molecular weight is 196 g/mol. The molecular weight excluding hydrogens is 183 g/mol. The first-order chi connectivity index (χ1) is 6.63. The van der Waals surface area contributed by atoms with Crippen molar-refractivity contribution in [2.45, 2.75) is 19.8 Å². The molecule has 0 saturated heterocycles. The van der Waals surface area contributed by atoms with Crippen LogP contribution in [0.2, 0.25) is 0 Å². The van der Waals surface area contributed by atoms with Crippen molar-refractivity contribution in [3.8, 4) is 5.75 Å². The zero-order valence-electron chi connectivity index (χ0n) is 8.34. The molecule has 0 heterocycles. The highest BCUT2D eigenvalue weighted by Crippen LogP contribution is 2.20. The van der Waals surface area contributed by atoms with E-state index in [2.05, 4.69) is 0 Å². The zero-order chi connectivity index (χ0) is 10.6. The predicted molar refractivity (Wildman–Crippen MR) is 52.0 cm³/mol. The first kappa shape index (κ1) is 10.7. The molecule has 0 atom stereocenters. The Hall–Kier alpha value is -1.38. The maximum atomic E-state index is 12.8. The summed E-state index contributed by atoms with van der Waals surface area (Å²) in [6, 6.07) is 4.35. The van der Waals surface area contributed by atoms with E-state index in [-0.39, 0.29) is 11.6 Å². The molecule has 0 saturated carbocycles. The third-order valence-corrected chi connectivity index (χ3v) is 2.00. The van der Waals surface area contributed by atoms with Crippen molar-refractivity contribution < 1.29 is 13.9 Å². The molecule has 1 aromatic carbocycles. The number of Topliss-reactive ketones (excluding diaryl/α,β-unsaturated/α-hetero) is 1. The van der Waals surface area contributed by atoms with Crippen LogP contribution in [-0.2, 0) is 11.2 Å². The monoisotopic (exact) mass is 196 g/mol.